The fraction of sp³-hybridized carbons (Fsp3) is 0.571. The molecule has 0 bridgehead atoms. The maximum absolute atomic E-state index is 12.2. The summed E-state index contributed by atoms with van der Waals surface area (Å²) in [5.41, 5.74) is 0.476. The number of carbonyl (C=O) groups is 1. The third-order valence-electron chi connectivity index (χ3n) is 3.50. The Kier molecular flexibility index (Phi) is 5.20. The van der Waals surface area contributed by atoms with Crippen LogP contribution in [0.1, 0.15) is 23.7 Å². The highest BCUT2D eigenvalue weighted by atomic mass is 35.5. The monoisotopic (exact) mass is 296 g/mol. The number of amides is 1. The lowest BCUT2D eigenvalue weighted by Gasteiger charge is -2.13. The fourth-order valence-corrected chi connectivity index (χ4v) is 2.60. The van der Waals surface area contributed by atoms with Gasteiger partial charge in [-0.15, -0.1) is 0 Å². The molecule has 20 heavy (non-hydrogen) atoms. The summed E-state index contributed by atoms with van der Waals surface area (Å²) in [6, 6.07) is 1.70. The van der Waals surface area contributed by atoms with Gasteiger partial charge in [-0.05, 0) is 38.9 Å². The van der Waals surface area contributed by atoms with Gasteiger partial charge in [0.1, 0.15) is 5.82 Å². The van der Waals surface area contributed by atoms with Crippen LogP contribution in [-0.4, -0.2) is 49.0 Å². The van der Waals surface area contributed by atoms with E-state index < -0.39 is 0 Å². The first-order chi connectivity index (χ1) is 9.60. The average Bonchev–Trinajstić information content (AvgIpc) is 2.84. The van der Waals surface area contributed by atoms with Gasteiger partial charge in [0.2, 0.25) is 0 Å². The zero-order chi connectivity index (χ0) is 14.5. The normalized spacial score (nSPS) is 19.1. The first-order valence-electron chi connectivity index (χ1n) is 6.96. The largest absolute Gasteiger partial charge is 0.370 e. The molecule has 0 spiro atoms. The van der Waals surface area contributed by atoms with Crippen molar-refractivity contribution >= 4 is 23.3 Å². The van der Waals surface area contributed by atoms with Crippen LogP contribution in [0.3, 0.4) is 0 Å². The van der Waals surface area contributed by atoms with Crippen molar-refractivity contribution in [3.63, 3.8) is 0 Å². The lowest BCUT2D eigenvalue weighted by molar-refractivity contribution is 0.0947. The summed E-state index contributed by atoms with van der Waals surface area (Å²) in [5.74, 6) is 1.06. The van der Waals surface area contributed by atoms with Crippen LogP contribution in [0.4, 0.5) is 5.82 Å². The molecular weight excluding hydrogens is 276 g/mol. The topological polar surface area (TPSA) is 57.3 Å². The number of pyridine rings is 1. The van der Waals surface area contributed by atoms with E-state index in [1.54, 1.807) is 6.07 Å². The van der Waals surface area contributed by atoms with Crippen LogP contribution in [0.2, 0.25) is 5.02 Å². The first kappa shape index (κ1) is 15.1. The first-order valence-corrected chi connectivity index (χ1v) is 7.34. The number of nitrogens with zero attached hydrogens (tertiary/aromatic N) is 2. The number of likely N-dealkylation sites (tertiary alicyclic amines) is 1. The van der Waals surface area contributed by atoms with Crippen LogP contribution in [-0.2, 0) is 0 Å². The van der Waals surface area contributed by atoms with Crippen LogP contribution in [0.5, 0.6) is 0 Å². The van der Waals surface area contributed by atoms with Gasteiger partial charge in [0, 0.05) is 25.8 Å². The van der Waals surface area contributed by atoms with Gasteiger partial charge in [0.15, 0.2) is 0 Å². The molecule has 1 aromatic heterocycles. The Balaban J connectivity index is 1.96. The van der Waals surface area contributed by atoms with Crippen LogP contribution >= 0.6 is 11.6 Å². The van der Waals surface area contributed by atoms with Gasteiger partial charge in [-0.25, -0.2) is 4.98 Å². The molecule has 2 N–H and O–H groups in total. The Labute approximate surface area is 124 Å². The molecule has 1 saturated heterocycles. The minimum Gasteiger partial charge on any atom is -0.370 e. The van der Waals surface area contributed by atoms with Crippen molar-refractivity contribution in [1.82, 2.24) is 15.2 Å². The minimum absolute atomic E-state index is 0.133. The third-order valence-corrected chi connectivity index (χ3v) is 3.80. The molecule has 6 heteroatoms. The fourth-order valence-electron chi connectivity index (χ4n) is 2.42. The van der Waals surface area contributed by atoms with E-state index in [4.69, 9.17) is 11.6 Å². The molecule has 5 nitrogen and oxygen atoms in total. The molecule has 0 aliphatic carbocycles. The summed E-state index contributed by atoms with van der Waals surface area (Å²) in [6.45, 7) is 5.56. The molecule has 2 heterocycles. The van der Waals surface area contributed by atoms with Gasteiger partial charge in [0.25, 0.3) is 5.91 Å². The molecule has 0 saturated carbocycles. The van der Waals surface area contributed by atoms with Crippen molar-refractivity contribution < 1.29 is 4.79 Å². The van der Waals surface area contributed by atoms with E-state index in [9.17, 15) is 4.79 Å². The molecule has 110 valence electrons. The zero-order valence-corrected chi connectivity index (χ0v) is 12.7. The Morgan fingerprint density at radius 3 is 3.05 bits per heavy atom. The van der Waals surface area contributed by atoms with Gasteiger partial charge in [-0.3, -0.25) is 4.79 Å². The summed E-state index contributed by atoms with van der Waals surface area (Å²) in [6.07, 6.45) is 2.64. The molecule has 1 amide bonds. The molecule has 1 aromatic rings. The van der Waals surface area contributed by atoms with Crippen molar-refractivity contribution in [2.75, 3.05) is 38.5 Å². The van der Waals surface area contributed by atoms with Crippen LogP contribution in [0, 0.1) is 5.92 Å². The summed E-state index contributed by atoms with van der Waals surface area (Å²) in [7, 11) is 2.10. The molecule has 0 aromatic carbocycles. The minimum atomic E-state index is -0.133. The Hall–Kier alpha value is -1.33. The van der Waals surface area contributed by atoms with E-state index >= 15 is 0 Å². The Morgan fingerprint density at radius 1 is 1.60 bits per heavy atom. The zero-order valence-electron chi connectivity index (χ0n) is 11.9. The van der Waals surface area contributed by atoms with E-state index in [1.807, 2.05) is 6.92 Å². The number of nitrogens with one attached hydrogen (secondary N) is 2. The molecule has 0 radical (unpaired) electrons. The SMILES string of the molecule is CCNc1cc(C(=O)NCC2CCN(C)C2)c(Cl)cn1. The van der Waals surface area contributed by atoms with Gasteiger partial charge in [0.05, 0.1) is 10.6 Å². The van der Waals surface area contributed by atoms with E-state index in [-0.39, 0.29) is 5.91 Å². The molecule has 2 rings (SSSR count). The lowest BCUT2D eigenvalue weighted by atomic mass is 10.1. The number of hydrogen-bond acceptors (Lipinski definition) is 4. The van der Waals surface area contributed by atoms with E-state index in [1.165, 1.54) is 6.20 Å². The van der Waals surface area contributed by atoms with Crippen molar-refractivity contribution in [1.29, 1.82) is 0 Å². The van der Waals surface area contributed by atoms with E-state index in [2.05, 4.69) is 27.6 Å². The highest BCUT2D eigenvalue weighted by Gasteiger charge is 2.20. The molecule has 1 unspecified atom stereocenters. The molecule has 1 fully saturated rings. The molecule has 1 aliphatic heterocycles. The quantitative estimate of drug-likeness (QED) is 0.871. The van der Waals surface area contributed by atoms with E-state index in [0.717, 1.165) is 26.1 Å². The smallest absolute Gasteiger partial charge is 0.253 e. The second-order valence-corrected chi connectivity index (χ2v) is 5.61. The highest BCUT2D eigenvalue weighted by molar-refractivity contribution is 6.33. The van der Waals surface area contributed by atoms with Crippen molar-refractivity contribution in [3.8, 4) is 0 Å². The number of halogens is 1. The second kappa shape index (κ2) is 6.90. The number of aromatic nitrogens is 1. The van der Waals surface area contributed by atoms with Crippen LogP contribution in [0.25, 0.3) is 0 Å². The second-order valence-electron chi connectivity index (χ2n) is 5.21. The number of rotatable bonds is 5. The van der Waals surface area contributed by atoms with Crippen molar-refractivity contribution in [3.05, 3.63) is 22.8 Å². The Morgan fingerprint density at radius 2 is 2.40 bits per heavy atom. The van der Waals surface area contributed by atoms with Crippen LogP contribution < -0.4 is 10.6 Å². The summed E-state index contributed by atoms with van der Waals surface area (Å²) in [4.78, 5) is 18.6. The maximum Gasteiger partial charge on any atom is 0.253 e. The predicted molar refractivity (Wildman–Crippen MR) is 81.3 cm³/mol. The Bertz CT molecular complexity index is 480. The maximum atomic E-state index is 12.2. The molecular formula is C14H21ClN4O. The number of carbonyl (C=O) groups excluding carboxylic acids is 1. The van der Waals surface area contributed by atoms with Gasteiger partial charge in [-0.2, -0.15) is 0 Å². The number of hydrogen-bond donors (Lipinski definition) is 2. The van der Waals surface area contributed by atoms with Gasteiger partial charge in [-0.1, -0.05) is 11.6 Å². The summed E-state index contributed by atoms with van der Waals surface area (Å²) in [5, 5.41) is 6.42. The molecule has 1 atom stereocenters. The molecule has 1 aliphatic rings. The third kappa shape index (κ3) is 3.84. The van der Waals surface area contributed by atoms with Crippen molar-refractivity contribution in [2.45, 2.75) is 13.3 Å². The van der Waals surface area contributed by atoms with Crippen LogP contribution in [0.15, 0.2) is 12.3 Å². The van der Waals surface area contributed by atoms with Gasteiger partial charge >= 0.3 is 0 Å². The summed E-state index contributed by atoms with van der Waals surface area (Å²) >= 11 is 6.05. The standard InChI is InChI=1S/C14H21ClN4O/c1-3-16-13-6-11(12(15)8-17-13)14(20)18-7-10-4-5-19(2)9-10/h6,8,10H,3-5,7,9H2,1-2H3,(H,16,17)(H,18,20). The number of anilines is 1. The van der Waals surface area contributed by atoms with Gasteiger partial charge < -0.3 is 15.5 Å². The summed E-state index contributed by atoms with van der Waals surface area (Å²) < 4.78 is 0. The average molecular weight is 297 g/mol. The van der Waals surface area contributed by atoms with E-state index in [0.29, 0.717) is 28.9 Å². The lowest BCUT2D eigenvalue weighted by Crippen LogP contribution is -2.30. The van der Waals surface area contributed by atoms with Crippen molar-refractivity contribution in [2.24, 2.45) is 5.92 Å². The highest BCUT2D eigenvalue weighted by Crippen LogP contribution is 2.18. The predicted octanol–water partition coefficient (Wildman–Crippen LogP) is 1.85.